The van der Waals surface area contributed by atoms with Gasteiger partial charge in [-0.05, 0) is 49.7 Å². The van der Waals surface area contributed by atoms with Crippen molar-refractivity contribution in [3.8, 4) is 0 Å². The first kappa shape index (κ1) is 16.1. The third-order valence-corrected chi connectivity index (χ3v) is 6.58. The zero-order valence-electron chi connectivity index (χ0n) is 14.8. The molecule has 2 saturated carbocycles. The Kier molecular flexibility index (Phi) is 4.57. The van der Waals surface area contributed by atoms with Crippen LogP contribution in [0.3, 0.4) is 0 Å². The van der Waals surface area contributed by atoms with E-state index in [4.69, 9.17) is 0 Å². The molecule has 0 N–H and O–H groups in total. The Morgan fingerprint density at radius 3 is 2.79 bits per heavy atom. The van der Waals surface area contributed by atoms with E-state index in [-0.39, 0.29) is 0 Å². The number of aromatic nitrogens is 1. The van der Waals surface area contributed by atoms with Crippen molar-refractivity contribution in [3.05, 3.63) is 29.6 Å². The molecule has 2 aliphatic carbocycles. The number of nitrogens with zero attached hydrogens (tertiary/aromatic N) is 3. The zero-order chi connectivity index (χ0) is 16.5. The summed E-state index contributed by atoms with van der Waals surface area (Å²) in [7, 11) is 0. The lowest BCUT2D eigenvalue weighted by molar-refractivity contribution is -0.138. The molecular weight excluding hydrogens is 298 g/mol. The number of carbonyl (C=O) groups is 1. The maximum atomic E-state index is 13.0. The van der Waals surface area contributed by atoms with Crippen LogP contribution in [-0.4, -0.2) is 46.9 Å². The van der Waals surface area contributed by atoms with Gasteiger partial charge in [-0.1, -0.05) is 18.9 Å². The van der Waals surface area contributed by atoms with Crippen LogP contribution in [0.25, 0.3) is 0 Å². The van der Waals surface area contributed by atoms with Crippen LogP contribution in [0.2, 0.25) is 0 Å². The van der Waals surface area contributed by atoms with Gasteiger partial charge in [-0.15, -0.1) is 0 Å². The fourth-order valence-electron chi connectivity index (χ4n) is 5.12. The van der Waals surface area contributed by atoms with Gasteiger partial charge in [-0.2, -0.15) is 0 Å². The van der Waals surface area contributed by atoms with Gasteiger partial charge < -0.3 is 4.90 Å². The summed E-state index contributed by atoms with van der Waals surface area (Å²) in [5.41, 5.74) is 2.43. The summed E-state index contributed by atoms with van der Waals surface area (Å²) >= 11 is 0. The normalized spacial score (nSPS) is 30.5. The molecule has 1 saturated heterocycles. The molecule has 4 heteroatoms. The summed E-state index contributed by atoms with van der Waals surface area (Å²) in [6.07, 6.45) is 8.31. The van der Waals surface area contributed by atoms with Crippen LogP contribution < -0.4 is 0 Å². The molecule has 1 aromatic rings. The van der Waals surface area contributed by atoms with Crippen molar-refractivity contribution in [2.75, 3.05) is 26.2 Å². The Bertz CT molecular complexity index is 594. The van der Waals surface area contributed by atoms with Crippen molar-refractivity contribution in [2.45, 2.75) is 45.6 Å². The first-order valence-corrected chi connectivity index (χ1v) is 9.64. The summed E-state index contributed by atoms with van der Waals surface area (Å²) in [5, 5.41) is 0. The van der Waals surface area contributed by atoms with Crippen LogP contribution in [0.5, 0.6) is 0 Å². The lowest BCUT2D eigenvalue weighted by Gasteiger charge is -2.36. The van der Waals surface area contributed by atoms with E-state index in [2.05, 4.69) is 27.8 Å². The largest absolute Gasteiger partial charge is 0.340 e. The molecule has 0 aromatic carbocycles. The van der Waals surface area contributed by atoms with Gasteiger partial charge in [-0.25, -0.2) is 0 Å². The van der Waals surface area contributed by atoms with Crippen molar-refractivity contribution < 1.29 is 4.79 Å². The predicted octanol–water partition coefficient (Wildman–Crippen LogP) is 2.86. The third kappa shape index (κ3) is 3.08. The Balaban J connectivity index is 1.31. The molecule has 0 spiro atoms. The van der Waals surface area contributed by atoms with Gasteiger partial charge >= 0.3 is 0 Å². The van der Waals surface area contributed by atoms with E-state index >= 15 is 0 Å². The van der Waals surface area contributed by atoms with E-state index < -0.39 is 0 Å². The summed E-state index contributed by atoms with van der Waals surface area (Å²) in [6.45, 7) is 6.76. The highest BCUT2D eigenvalue weighted by Crippen LogP contribution is 2.48. The molecule has 0 unspecified atom stereocenters. The quantitative estimate of drug-likeness (QED) is 0.856. The first-order chi connectivity index (χ1) is 11.7. The second kappa shape index (κ2) is 6.83. The van der Waals surface area contributed by atoms with Crippen LogP contribution in [0.1, 0.15) is 43.4 Å². The molecule has 24 heavy (non-hydrogen) atoms. The topological polar surface area (TPSA) is 36.4 Å². The molecule has 3 atom stereocenters. The Labute approximate surface area is 145 Å². The molecule has 130 valence electrons. The summed E-state index contributed by atoms with van der Waals surface area (Å²) in [6, 6.07) is 4.12. The highest BCUT2D eigenvalue weighted by Gasteiger charge is 2.44. The van der Waals surface area contributed by atoms with Crippen molar-refractivity contribution in [1.29, 1.82) is 0 Å². The first-order valence-electron chi connectivity index (χ1n) is 9.64. The molecule has 4 nitrogen and oxygen atoms in total. The van der Waals surface area contributed by atoms with Gasteiger partial charge in [0.05, 0.1) is 5.69 Å². The van der Waals surface area contributed by atoms with E-state index in [1.54, 1.807) is 0 Å². The molecule has 0 radical (unpaired) electrons. The van der Waals surface area contributed by atoms with E-state index in [9.17, 15) is 4.79 Å². The average molecular weight is 327 g/mol. The van der Waals surface area contributed by atoms with Crippen molar-refractivity contribution in [3.63, 3.8) is 0 Å². The van der Waals surface area contributed by atoms with Crippen LogP contribution >= 0.6 is 0 Å². The number of hydrogen-bond donors (Lipinski definition) is 0. The molecule has 0 bridgehead atoms. The maximum Gasteiger partial charge on any atom is 0.226 e. The van der Waals surface area contributed by atoms with Gasteiger partial charge in [0, 0.05) is 44.8 Å². The van der Waals surface area contributed by atoms with Gasteiger partial charge in [-0.3, -0.25) is 14.7 Å². The van der Waals surface area contributed by atoms with Crippen LogP contribution in [0, 0.1) is 24.7 Å². The highest BCUT2D eigenvalue weighted by molar-refractivity contribution is 5.79. The number of piperazine rings is 1. The minimum absolute atomic E-state index is 0.335. The highest BCUT2D eigenvalue weighted by atomic mass is 16.2. The molecule has 4 rings (SSSR count). The SMILES string of the molecule is Cc1cccnc1CN1CCN(C(=O)[C@H]2CC[C@@H]3CCC[C@@H]32)CC1. The number of rotatable bonds is 3. The number of pyridine rings is 1. The minimum Gasteiger partial charge on any atom is -0.340 e. The Morgan fingerprint density at radius 2 is 2.00 bits per heavy atom. The van der Waals surface area contributed by atoms with Crippen molar-refractivity contribution in [1.82, 2.24) is 14.8 Å². The number of aryl methyl sites for hydroxylation is 1. The molecule has 2 heterocycles. The average Bonchev–Trinajstić information content (AvgIpc) is 3.20. The van der Waals surface area contributed by atoms with Crippen molar-refractivity contribution >= 4 is 5.91 Å². The molecule has 1 amide bonds. The Hall–Kier alpha value is -1.42. The molecule has 1 aromatic heterocycles. The maximum absolute atomic E-state index is 13.0. The van der Waals surface area contributed by atoms with E-state index in [0.717, 1.165) is 45.1 Å². The van der Waals surface area contributed by atoms with Crippen LogP contribution in [0.4, 0.5) is 0 Å². The molecular formula is C20H29N3O. The molecule has 1 aliphatic heterocycles. The van der Waals surface area contributed by atoms with Gasteiger partial charge in [0.2, 0.25) is 5.91 Å². The van der Waals surface area contributed by atoms with Crippen LogP contribution in [0.15, 0.2) is 18.3 Å². The number of carbonyl (C=O) groups excluding carboxylic acids is 1. The second-order valence-corrected chi connectivity index (χ2v) is 7.91. The van der Waals surface area contributed by atoms with Gasteiger partial charge in [0.15, 0.2) is 0 Å². The third-order valence-electron chi connectivity index (χ3n) is 6.58. The number of hydrogen-bond acceptors (Lipinski definition) is 3. The van der Waals surface area contributed by atoms with E-state index in [1.807, 2.05) is 12.3 Å². The van der Waals surface area contributed by atoms with Crippen molar-refractivity contribution in [2.24, 2.45) is 17.8 Å². The number of amides is 1. The zero-order valence-corrected chi connectivity index (χ0v) is 14.8. The second-order valence-electron chi connectivity index (χ2n) is 7.91. The fraction of sp³-hybridized carbons (Fsp3) is 0.700. The van der Waals surface area contributed by atoms with Crippen LogP contribution in [-0.2, 0) is 11.3 Å². The van der Waals surface area contributed by atoms with E-state index in [0.29, 0.717) is 17.7 Å². The predicted molar refractivity (Wildman–Crippen MR) is 94.4 cm³/mol. The smallest absolute Gasteiger partial charge is 0.226 e. The summed E-state index contributed by atoms with van der Waals surface area (Å²) in [4.78, 5) is 22.0. The standard InChI is InChI=1S/C20H29N3O/c1-15-4-3-9-21-19(15)14-22-10-12-23(13-11-22)20(24)18-8-7-16-5-2-6-17(16)18/h3-4,9,16-18H,2,5-8,10-14H2,1H3/t16-,17-,18-/m0/s1. The van der Waals surface area contributed by atoms with Gasteiger partial charge in [0.25, 0.3) is 0 Å². The summed E-state index contributed by atoms with van der Waals surface area (Å²) in [5.74, 6) is 2.35. The minimum atomic E-state index is 0.335. The molecule has 3 fully saturated rings. The Morgan fingerprint density at radius 1 is 1.17 bits per heavy atom. The lowest BCUT2D eigenvalue weighted by atomic mass is 9.91. The van der Waals surface area contributed by atoms with E-state index in [1.165, 1.54) is 36.9 Å². The lowest BCUT2D eigenvalue weighted by Crippen LogP contribution is -2.50. The fourth-order valence-corrected chi connectivity index (χ4v) is 5.12. The summed E-state index contributed by atoms with van der Waals surface area (Å²) < 4.78 is 0. The number of fused-ring (bicyclic) bond motifs is 1. The monoisotopic (exact) mass is 327 g/mol. The van der Waals surface area contributed by atoms with Gasteiger partial charge in [0.1, 0.15) is 0 Å². The molecule has 3 aliphatic rings.